The molecule has 0 aliphatic heterocycles. The van der Waals surface area contributed by atoms with Crippen LogP contribution in [0.2, 0.25) is 0 Å². The van der Waals surface area contributed by atoms with Crippen LogP contribution in [0.4, 0.5) is 0 Å². The van der Waals surface area contributed by atoms with Gasteiger partial charge in [-0.3, -0.25) is 0 Å². The molecule has 2 rings (SSSR count). The summed E-state index contributed by atoms with van der Waals surface area (Å²) in [5.41, 5.74) is 1.17. The number of benzene rings is 1. The Kier molecular flexibility index (Phi) is 3.83. The van der Waals surface area contributed by atoms with Gasteiger partial charge in [0, 0.05) is 6.07 Å². The van der Waals surface area contributed by atoms with Crippen LogP contribution in [0.3, 0.4) is 0 Å². The summed E-state index contributed by atoms with van der Waals surface area (Å²) in [6, 6.07) is 12.1. The Balaban J connectivity index is 2.02. The maximum absolute atomic E-state index is 5.68. The molecular weight excluding hydrogens is 340 g/mol. The van der Waals surface area contributed by atoms with Gasteiger partial charge in [0.1, 0.15) is 16.1 Å². The molecular formula is C11H8Br2OS. The lowest BCUT2D eigenvalue weighted by atomic mass is 10.2. The maximum atomic E-state index is 5.68. The molecule has 1 nitrogen and oxygen atoms in total. The number of ether oxygens (including phenoxy) is 1. The highest BCUT2D eigenvalue weighted by molar-refractivity contribution is 9.12. The molecule has 15 heavy (non-hydrogen) atoms. The first-order valence-corrected chi connectivity index (χ1v) is 6.77. The Morgan fingerprint density at radius 3 is 2.47 bits per heavy atom. The average Bonchev–Trinajstić information content (AvgIpc) is 2.56. The average molecular weight is 348 g/mol. The van der Waals surface area contributed by atoms with E-state index < -0.39 is 0 Å². The fourth-order valence-corrected chi connectivity index (χ4v) is 3.81. The van der Waals surface area contributed by atoms with Crippen molar-refractivity contribution in [2.45, 2.75) is 6.61 Å². The van der Waals surface area contributed by atoms with E-state index in [1.807, 2.05) is 24.3 Å². The molecule has 0 saturated carbocycles. The van der Waals surface area contributed by atoms with Gasteiger partial charge in [0.05, 0.1) is 3.79 Å². The van der Waals surface area contributed by atoms with Crippen LogP contribution < -0.4 is 4.74 Å². The van der Waals surface area contributed by atoms with Gasteiger partial charge in [0.25, 0.3) is 0 Å². The Labute approximate surface area is 109 Å². The molecule has 0 N–H and O–H groups in total. The van der Waals surface area contributed by atoms with Crippen molar-refractivity contribution in [1.29, 1.82) is 0 Å². The summed E-state index contributed by atoms with van der Waals surface area (Å²) in [6.45, 7) is 0.600. The van der Waals surface area contributed by atoms with Crippen molar-refractivity contribution in [3.63, 3.8) is 0 Å². The Hall–Kier alpha value is -0.320. The zero-order valence-electron chi connectivity index (χ0n) is 7.74. The third-order valence-electron chi connectivity index (χ3n) is 1.86. The van der Waals surface area contributed by atoms with Gasteiger partial charge in [-0.2, -0.15) is 0 Å². The molecule has 1 aromatic carbocycles. The highest BCUT2D eigenvalue weighted by atomic mass is 79.9. The summed E-state index contributed by atoms with van der Waals surface area (Å²) < 4.78 is 7.76. The van der Waals surface area contributed by atoms with E-state index in [0.717, 1.165) is 13.3 Å². The Morgan fingerprint density at radius 2 is 1.87 bits per heavy atom. The second-order valence-corrected chi connectivity index (χ2v) is 6.71. The quantitative estimate of drug-likeness (QED) is 0.771. The smallest absolute Gasteiger partial charge is 0.146 e. The molecule has 0 bridgehead atoms. The molecule has 0 spiro atoms. The number of hydrogen-bond acceptors (Lipinski definition) is 2. The number of halogens is 2. The van der Waals surface area contributed by atoms with Gasteiger partial charge >= 0.3 is 0 Å². The monoisotopic (exact) mass is 346 g/mol. The highest BCUT2D eigenvalue weighted by Gasteiger charge is 2.05. The van der Waals surface area contributed by atoms with Crippen molar-refractivity contribution in [2.24, 2.45) is 0 Å². The molecule has 0 atom stereocenters. The minimum atomic E-state index is 0.600. The molecule has 0 aliphatic carbocycles. The molecule has 0 amide bonds. The van der Waals surface area contributed by atoms with E-state index in [-0.39, 0.29) is 0 Å². The van der Waals surface area contributed by atoms with E-state index in [2.05, 4.69) is 44.0 Å². The molecule has 0 unspecified atom stereocenters. The van der Waals surface area contributed by atoms with E-state index in [1.54, 1.807) is 11.3 Å². The predicted octanol–water partition coefficient (Wildman–Crippen LogP) is 4.85. The van der Waals surface area contributed by atoms with Gasteiger partial charge in [0.2, 0.25) is 0 Å². The third-order valence-corrected chi connectivity index (χ3v) is 4.15. The first-order valence-electron chi connectivity index (χ1n) is 4.37. The van der Waals surface area contributed by atoms with Crippen molar-refractivity contribution in [1.82, 2.24) is 0 Å². The SMILES string of the molecule is Brc1cc(OCc2ccccc2)c(Br)s1. The van der Waals surface area contributed by atoms with Crippen molar-refractivity contribution >= 4 is 43.2 Å². The molecule has 2 aromatic rings. The van der Waals surface area contributed by atoms with Gasteiger partial charge < -0.3 is 4.74 Å². The normalized spacial score (nSPS) is 10.3. The van der Waals surface area contributed by atoms with Crippen molar-refractivity contribution in [2.75, 3.05) is 0 Å². The molecule has 0 saturated heterocycles. The summed E-state index contributed by atoms with van der Waals surface area (Å²) in [6.07, 6.45) is 0. The van der Waals surface area contributed by atoms with Crippen molar-refractivity contribution < 1.29 is 4.74 Å². The summed E-state index contributed by atoms with van der Waals surface area (Å²) in [4.78, 5) is 0. The van der Waals surface area contributed by atoms with Crippen LogP contribution in [-0.4, -0.2) is 0 Å². The van der Waals surface area contributed by atoms with Gasteiger partial charge in [-0.15, -0.1) is 11.3 Å². The Morgan fingerprint density at radius 1 is 1.13 bits per heavy atom. The number of rotatable bonds is 3. The van der Waals surface area contributed by atoms with E-state index in [0.29, 0.717) is 6.61 Å². The van der Waals surface area contributed by atoms with Gasteiger partial charge in [-0.1, -0.05) is 30.3 Å². The number of thiophene rings is 1. The summed E-state index contributed by atoms with van der Waals surface area (Å²) >= 11 is 8.48. The molecule has 0 radical (unpaired) electrons. The van der Waals surface area contributed by atoms with Crippen LogP contribution in [0.1, 0.15) is 5.56 Å². The van der Waals surface area contributed by atoms with E-state index >= 15 is 0 Å². The zero-order valence-corrected chi connectivity index (χ0v) is 11.7. The van der Waals surface area contributed by atoms with Crippen LogP contribution in [0.15, 0.2) is 44.0 Å². The lowest BCUT2D eigenvalue weighted by molar-refractivity contribution is 0.306. The molecule has 4 heteroatoms. The van der Waals surface area contributed by atoms with Crippen molar-refractivity contribution in [3.8, 4) is 5.75 Å². The van der Waals surface area contributed by atoms with Crippen LogP contribution >= 0.6 is 43.2 Å². The summed E-state index contributed by atoms with van der Waals surface area (Å²) in [5.74, 6) is 0.885. The minimum absolute atomic E-state index is 0.600. The van der Waals surface area contributed by atoms with Crippen LogP contribution in [0.25, 0.3) is 0 Å². The van der Waals surface area contributed by atoms with E-state index in [9.17, 15) is 0 Å². The van der Waals surface area contributed by atoms with Gasteiger partial charge in [-0.25, -0.2) is 0 Å². The summed E-state index contributed by atoms with van der Waals surface area (Å²) in [7, 11) is 0. The van der Waals surface area contributed by atoms with E-state index in [4.69, 9.17) is 4.74 Å². The standard InChI is InChI=1S/C11H8Br2OS/c12-10-6-9(11(13)15-10)14-7-8-4-2-1-3-5-8/h1-6H,7H2. The second-order valence-electron chi connectivity index (χ2n) is 2.96. The molecule has 1 aromatic heterocycles. The minimum Gasteiger partial charge on any atom is -0.487 e. The lowest BCUT2D eigenvalue weighted by Crippen LogP contribution is -1.93. The lowest BCUT2D eigenvalue weighted by Gasteiger charge is -2.04. The van der Waals surface area contributed by atoms with Gasteiger partial charge in [-0.05, 0) is 37.4 Å². The van der Waals surface area contributed by atoms with Gasteiger partial charge in [0.15, 0.2) is 0 Å². The zero-order chi connectivity index (χ0) is 10.7. The Bertz CT molecular complexity index is 439. The van der Waals surface area contributed by atoms with Crippen LogP contribution in [-0.2, 0) is 6.61 Å². The number of hydrogen-bond donors (Lipinski definition) is 0. The molecule has 0 fully saturated rings. The van der Waals surface area contributed by atoms with E-state index in [1.165, 1.54) is 5.56 Å². The first kappa shape index (κ1) is 11.2. The fraction of sp³-hybridized carbons (Fsp3) is 0.0909. The largest absolute Gasteiger partial charge is 0.487 e. The highest BCUT2D eigenvalue weighted by Crippen LogP contribution is 2.37. The third kappa shape index (κ3) is 3.06. The second kappa shape index (κ2) is 5.14. The predicted molar refractivity (Wildman–Crippen MR) is 70.5 cm³/mol. The van der Waals surface area contributed by atoms with Crippen LogP contribution in [0.5, 0.6) is 5.75 Å². The van der Waals surface area contributed by atoms with Crippen molar-refractivity contribution in [3.05, 3.63) is 49.5 Å². The molecule has 0 aliphatic rings. The molecule has 1 heterocycles. The fourth-order valence-electron chi connectivity index (χ4n) is 1.16. The summed E-state index contributed by atoms with van der Waals surface area (Å²) in [5, 5.41) is 0. The molecule has 78 valence electrons. The maximum Gasteiger partial charge on any atom is 0.146 e. The van der Waals surface area contributed by atoms with Crippen LogP contribution in [0, 0.1) is 0 Å². The topological polar surface area (TPSA) is 9.23 Å². The first-order chi connectivity index (χ1) is 7.25.